The predicted octanol–water partition coefficient (Wildman–Crippen LogP) is 6.40. The third-order valence-electron chi connectivity index (χ3n) is 4.76. The molecule has 0 aromatic rings. The summed E-state index contributed by atoms with van der Waals surface area (Å²) in [5.74, 6) is 0.658. The van der Waals surface area contributed by atoms with Crippen molar-refractivity contribution < 1.29 is 17.7 Å². The molecule has 0 aliphatic heterocycles. The lowest BCUT2D eigenvalue weighted by Crippen LogP contribution is -2.07. The van der Waals surface area contributed by atoms with E-state index in [1.54, 1.807) is 0 Å². The number of ether oxygens (including phenoxy) is 1. The van der Waals surface area contributed by atoms with Crippen molar-refractivity contribution >= 4 is 10.1 Å². The topological polar surface area (TPSA) is 63.6 Å². The Morgan fingerprint density at radius 1 is 0.654 bits per heavy atom. The van der Waals surface area contributed by atoms with Crippen LogP contribution in [-0.2, 0) is 14.9 Å². The highest BCUT2D eigenvalue weighted by Crippen LogP contribution is 2.14. The van der Waals surface area contributed by atoms with E-state index < -0.39 is 10.1 Å². The predicted molar refractivity (Wildman–Crippen MR) is 111 cm³/mol. The van der Waals surface area contributed by atoms with Crippen molar-refractivity contribution in [3.63, 3.8) is 0 Å². The first-order valence-corrected chi connectivity index (χ1v) is 12.6. The van der Waals surface area contributed by atoms with Crippen molar-refractivity contribution in [2.45, 2.75) is 110 Å². The van der Waals surface area contributed by atoms with Gasteiger partial charge in [-0.3, -0.25) is 4.55 Å². The number of unbranched alkanes of at least 4 members (excludes halogenated alkanes) is 12. The summed E-state index contributed by atoms with van der Waals surface area (Å²) >= 11 is 0. The molecule has 158 valence electrons. The van der Waals surface area contributed by atoms with Crippen molar-refractivity contribution in [1.29, 1.82) is 0 Å². The second-order valence-corrected chi connectivity index (χ2v) is 9.60. The van der Waals surface area contributed by atoms with Gasteiger partial charge in [-0.1, -0.05) is 97.3 Å². The average molecular weight is 393 g/mol. The molecule has 0 radical (unpaired) electrons. The molecule has 0 aromatic heterocycles. The van der Waals surface area contributed by atoms with Crippen LogP contribution in [0.15, 0.2) is 0 Å². The molecule has 0 unspecified atom stereocenters. The lowest BCUT2D eigenvalue weighted by molar-refractivity contribution is 0.130. The molecule has 0 aliphatic carbocycles. The molecule has 0 bridgehead atoms. The van der Waals surface area contributed by atoms with Crippen molar-refractivity contribution in [1.82, 2.24) is 0 Å². The van der Waals surface area contributed by atoms with Crippen LogP contribution in [0.3, 0.4) is 0 Å². The highest BCUT2D eigenvalue weighted by Gasteiger charge is 2.03. The van der Waals surface area contributed by atoms with Crippen LogP contribution in [0.2, 0.25) is 0 Å². The molecule has 4 nitrogen and oxygen atoms in total. The maximum absolute atomic E-state index is 10.5. The van der Waals surface area contributed by atoms with Crippen LogP contribution in [0, 0.1) is 5.92 Å². The van der Waals surface area contributed by atoms with Crippen LogP contribution >= 0.6 is 0 Å². The van der Waals surface area contributed by atoms with Crippen LogP contribution in [-0.4, -0.2) is 31.9 Å². The summed E-state index contributed by atoms with van der Waals surface area (Å²) in [4.78, 5) is 0. The zero-order chi connectivity index (χ0) is 19.5. The van der Waals surface area contributed by atoms with Gasteiger partial charge in [0.15, 0.2) is 0 Å². The molecule has 5 heteroatoms. The smallest absolute Gasteiger partial charge is 0.264 e. The van der Waals surface area contributed by atoms with E-state index in [9.17, 15) is 8.42 Å². The fourth-order valence-electron chi connectivity index (χ4n) is 3.15. The van der Waals surface area contributed by atoms with Gasteiger partial charge in [0.25, 0.3) is 10.1 Å². The Balaban J connectivity index is 3.05. The fourth-order valence-corrected chi connectivity index (χ4v) is 3.63. The highest BCUT2D eigenvalue weighted by atomic mass is 32.2. The van der Waals surface area contributed by atoms with Gasteiger partial charge in [0.05, 0.1) is 5.75 Å². The monoisotopic (exact) mass is 392 g/mol. The summed E-state index contributed by atoms with van der Waals surface area (Å²) in [6.07, 6.45) is 19.2. The first-order chi connectivity index (χ1) is 12.4. The summed E-state index contributed by atoms with van der Waals surface area (Å²) in [5.41, 5.74) is 0. The Kier molecular flexibility index (Phi) is 18.2. The van der Waals surface area contributed by atoms with Crippen LogP contribution in [0.1, 0.15) is 110 Å². The lowest BCUT2D eigenvalue weighted by atomic mass is 10.0. The average Bonchev–Trinajstić information content (AvgIpc) is 2.55. The van der Waals surface area contributed by atoms with Gasteiger partial charge >= 0.3 is 0 Å². The Hall–Kier alpha value is -0.130. The summed E-state index contributed by atoms with van der Waals surface area (Å²) < 4.78 is 35.0. The first-order valence-electron chi connectivity index (χ1n) is 10.9. The van der Waals surface area contributed by atoms with Crippen molar-refractivity contribution in [2.75, 3.05) is 19.0 Å². The van der Waals surface area contributed by atoms with Crippen molar-refractivity contribution in [2.24, 2.45) is 5.92 Å². The van der Waals surface area contributed by atoms with E-state index in [0.29, 0.717) is 19.6 Å². The van der Waals surface area contributed by atoms with E-state index in [1.807, 2.05) is 0 Å². The second-order valence-electron chi connectivity index (χ2n) is 8.03. The van der Waals surface area contributed by atoms with E-state index in [1.165, 1.54) is 83.5 Å². The Labute approximate surface area is 163 Å². The fraction of sp³-hybridized carbons (Fsp3) is 1.00. The molecule has 26 heavy (non-hydrogen) atoms. The molecule has 1 N–H and O–H groups in total. The van der Waals surface area contributed by atoms with Crippen LogP contribution in [0.4, 0.5) is 0 Å². The molecule has 0 saturated carbocycles. The van der Waals surface area contributed by atoms with Gasteiger partial charge in [0.2, 0.25) is 0 Å². The van der Waals surface area contributed by atoms with Gasteiger partial charge in [-0.05, 0) is 18.8 Å². The molecule has 0 aromatic carbocycles. The standard InChI is InChI=1S/C21H44O4S/c1-21(2)17-14-12-10-8-6-4-3-5-7-9-11-13-15-18-25-19-16-20-26(22,23)24/h21H,3-20H2,1-2H3,(H,22,23,24). The zero-order valence-electron chi connectivity index (χ0n) is 17.4. The Morgan fingerprint density at radius 2 is 1.04 bits per heavy atom. The van der Waals surface area contributed by atoms with Crippen LogP contribution < -0.4 is 0 Å². The first kappa shape index (κ1) is 25.9. The summed E-state index contributed by atoms with van der Waals surface area (Å²) in [6.45, 7) is 5.73. The van der Waals surface area contributed by atoms with Gasteiger partial charge < -0.3 is 4.74 Å². The van der Waals surface area contributed by atoms with Crippen LogP contribution in [0.5, 0.6) is 0 Å². The largest absolute Gasteiger partial charge is 0.381 e. The van der Waals surface area contributed by atoms with Gasteiger partial charge in [-0.15, -0.1) is 0 Å². The van der Waals surface area contributed by atoms with Crippen molar-refractivity contribution in [3.05, 3.63) is 0 Å². The summed E-state index contributed by atoms with van der Waals surface area (Å²) in [5, 5.41) is 0. The van der Waals surface area contributed by atoms with Gasteiger partial charge in [0.1, 0.15) is 0 Å². The molecule has 0 rings (SSSR count). The molecule has 0 atom stereocenters. The Morgan fingerprint density at radius 3 is 1.46 bits per heavy atom. The second kappa shape index (κ2) is 18.2. The zero-order valence-corrected chi connectivity index (χ0v) is 18.2. The maximum Gasteiger partial charge on any atom is 0.264 e. The lowest BCUT2D eigenvalue weighted by Gasteiger charge is -2.05. The minimum absolute atomic E-state index is 0.203. The van der Waals surface area contributed by atoms with E-state index >= 15 is 0 Å². The number of hydrogen-bond donors (Lipinski definition) is 1. The van der Waals surface area contributed by atoms with Crippen molar-refractivity contribution in [3.8, 4) is 0 Å². The molecule has 0 spiro atoms. The summed E-state index contributed by atoms with van der Waals surface area (Å²) in [7, 11) is -3.83. The maximum atomic E-state index is 10.5. The van der Waals surface area contributed by atoms with E-state index in [4.69, 9.17) is 9.29 Å². The molecular formula is C21H44O4S. The van der Waals surface area contributed by atoms with E-state index in [2.05, 4.69) is 13.8 Å². The third-order valence-corrected chi connectivity index (χ3v) is 5.57. The molecule has 0 aliphatic rings. The molecule has 0 heterocycles. The normalized spacial score (nSPS) is 12.2. The summed E-state index contributed by atoms with van der Waals surface area (Å²) in [6, 6.07) is 0. The van der Waals surface area contributed by atoms with Gasteiger partial charge in [-0.25, -0.2) is 0 Å². The number of rotatable bonds is 20. The molecule has 0 amide bonds. The van der Waals surface area contributed by atoms with Gasteiger partial charge in [0, 0.05) is 13.2 Å². The van der Waals surface area contributed by atoms with E-state index in [-0.39, 0.29) is 5.75 Å². The molecule has 0 fully saturated rings. The minimum atomic E-state index is -3.83. The SMILES string of the molecule is CC(C)CCCCCCCCCCCCCCCOCCCS(=O)(=O)O. The molecule has 0 saturated heterocycles. The molecular weight excluding hydrogens is 348 g/mol. The number of hydrogen-bond acceptors (Lipinski definition) is 3. The van der Waals surface area contributed by atoms with Gasteiger partial charge in [-0.2, -0.15) is 8.42 Å². The quantitative estimate of drug-likeness (QED) is 0.192. The van der Waals surface area contributed by atoms with E-state index in [0.717, 1.165) is 12.3 Å². The minimum Gasteiger partial charge on any atom is -0.381 e. The van der Waals surface area contributed by atoms with Crippen LogP contribution in [0.25, 0.3) is 0 Å². The third kappa shape index (κ3) is 23.9. The highest BCUT2D eigenvalue weighted by molar-refractivity contribution is 7.85. The Bertz CT molecular complexity index is 379.